The fraction of sp³-hybridized carbons (Fsp3) is 0.750. The predicted molar refractivity (Wildman–Crippen MR) is 224 cm³/mol. The number of ether oxygens (including phenoxy) is 3. The van der Waals surface area contributed by atoms with Crippen molar-refractivity contribution in [3.8, 4) is 0 Å². The van der Waals surface area contributed by atoms with E-state index in [4.69, 9.17) is 20.8 Å². The van der Waals surface area contributed by atoms with Crippen LogP contribution in [0, 0.1) is 56.7 Å². The van der Waals surface area contributed by atoms with Gasteiger partial charge in [-0.05, 0) is 152 Å². The lowest BCUT2D eigenvalue weighted by Gasteiger charge is -2.72. The first-order chi connectivity index (χ1) is 26.6. The number of hydrogen-bond acceptors (Lipinski definition) is 7. The maximum Gasteiger partial charge on any atom is 0.337 e. The van der Waals surface area contributed by atoms with Crippen LogP contribution in [0.15, 0.2) is 42.5 Å². The first kappa shape index (κ1) is 41.6. The van der Waals surface area contributed by atoms with Crippen LogP contribution in [-0.4, -0.2) is 102 Å². The van der Waals surface area contributed by atoms with Gasteiger partial charge in [-0.3, -0.25) is 9.69 Å². The van der Waals surface area contributed by atoms with Crippen molar-refractivity contribution < 1.29 is 23.8 Å². The van der Waals surface area contributed by atoms with Crippen molar-refractivity contribution in [2.75, 3.05) is 80.4 Å². The monoisotopic (exact) mass is 772 g/mol. The topological polar surface area (TPSA) is 80.3 Å². The molecule has 56 heavy (non-hydrogen) atoms. The van der Waals surface area contributed by atoms with E-state index in [2.05, 4.69) is 82.0 Å². The minimum atomic E-state index is -0.337. The van der Waals surface area contributed by atoms with Gasteiger partial charge in [0, 0.05) is 32.7 Å². The molecule has 9 atom stereocenters. The molecular formula is C48H73N3O5. The number of methoxy groups -OCH3 is 1. The summed E-state index contributed by atoms with van der Waals surface area (Å²) < 4.78 is 16.9. The van der Waals surface area contributed by atoms with Gasteiger partial charge in [0.25, 0.3) is 0 Å². The molecular weight excluding hydrogens is 699 g/mol. The summed E-state index contributed by atoms with van der Waals surface area (Å²) in [7, 11) is 5.60. The van der Waals surface area contributed by atoms with E-state index in [1.165, 1.54) is 49.5 Å². The van der Waals surface area contributed by atoms with Gasteiger partial charge in [0.2, 0.25) is 5.91 Å². The molecule has 6 aliphatic rings. The molecule has 1 aromatic rings. The molecule has 7 rings (SSSR count). The average Bonchev–Trinajstić information content (AvgIpc) is 3.58. The summed E-state index contributed by atoms with van der Waals surface area (Å²) in [5, 5.41) is 3.46. The molecule has 1 N–H and O–H groups in total. The van der Waals surface area contributed by atoms with Crippen molar-refractivity contribution >= 4 is 17.4 Å². The van der Waals surface area contributed by atoms with Gasteiger partial charge in [0.05, 0.1) is 44.5 Å². The van der Waals surface area contributed by atoms with Gasteiger partial charge in [-0.25, -0.2) is 4.79 Å². The Morgan fingerprint density at radius 3 is 2.36 bits per heavy atom. The highest BCUT2D eigenvalue weighted by Crippen LogP contribution is 2.77. The molecule has 0 bridgehead atoms. The number of fused-ring (bicyclic) bond motifs is 7. The van der Waals surface area contributed by atoms with Crippen molar-refractivity contribution in [3.63, 3.8) is 0 Å². The van der Waals surface area contributed by atoms with Gasteiger partial charge in [-0.15, -0.1) is 0 Å². The first-order valence-corrected chi connectivity index (χ1v) is 22.0. The summed E-state index contributed by atoms with van der Waals surface area (Å²) >= 11 is 0. The summed E-state index contributed by atoms with van der Waals surface area (Å²) in [5.74, 6) is 2.26. The van der Waals surface area contributed by atoms with Gasteiger partial charge in [-0.1, -0.05) is 59.4 Å². The van der Waals surface area contributed by atoms with Crippen molar-refractivity contribution in [1.82, 2.24) is 15.1 Å². The van der Waals surface area contributed by atoms with Crippen molar-refractivity contribution in [3.05, 3.63) is 53.6 Å². The molecule has 8 heteroatoms. The second-order valence-corrected chi connectivity index (χ2v) is 20.3. The predicted octanol–water partition coefficient (Wildman–Crippen LogP) is 8.13. The van der Waals surface area contributed by atoms with E-state index in [1.807, 2.05) is 12.1 Å². The first-order valence-electron chi connectivity index (χ1n) is 22.0. The Kier molecular flexibility index (Phi) is 11.8. The highest BCUT2D eigenvalue weighted by molar-refractivity contribution is 5.90. The van der Waals surface area contributed by atoms with E-state index in [9.17, 15) is 9.59 Å². The number of carbonyl (C=O) groups excluding carboxylic acids is 2. The van der Waals surface area contributed by atoms with E-state index in [1.54, 1.807) is 0 Å². The number of morpholine rings is 1. The number of hydrogen-bond donors (Lipinski definition) is 1. The largest absolute Gasteiger partial charge is 0.465 e. The molecule has 4 saturated carbocycles. The highest BCUT2D eigenvalue weighted by atomic mass is 16.5. The summed E-state index contributed by atoms with van der Waals surface area (Å²) in [4.78, 5) is 31.4. The second kappa shape index (κ2) is 15.9. The van der Waals surface area contributed by atoms with Crippen molar-refractivity contribution in [2.45, 2.75) is 92.4 Å². The van der Waals surface area contributed by atoms with E-state index in [0.717, 1.165) is 71.5 Å². The molecule has 0 aromatic heterocycles. The Balaban J connectivity index is 1.15. The van der Waals surface area contributed by atoms with Gasteiger partial charge in [0.15, 0.2) is 0 Å². The van der Waals surface area contributed by atoms with E-state index in [0.29, 0.717) is 60.8 Å². The summed E-state index contributed by atoms with van der Waals surface area (Å²) in [6, 6.07) is 8.07. The third-order valence-electron chi connectivity index (χ3n) is 17.4. The van der Waals surface area contributed by atoms with Crippen molar-refractivity contribution in [1.29, 1.82) is 0 Å². The Hall–Kier alpha value is -2.52. The van der Waals surface area contributed by atoms with E-state index >= 15 is 0 Å². The van der Waals surface area contributed by atoms with Crippen LogP contribution in [0.3, 0.4) is 0 Å². The van der Waals surface area contributed by atoms with E-state index in [-0.39, 0.29) is 33.0 Å². The average molecular weight is 772 g/mol. The molecule has 0 spiro atoms. The maximum absolute atomic E-state index is 14.6. The number of carbonyl (C=O) groups is 2. The molecule has 0 unspecified atom stereocenters. The molecule has 1 aliphatic heterocycles. The van der Waals surface area contributed by atoms with Crippen LogP contribution in [0.2, 0.25) is 0 Å². The fourth-order valence-corrected chi connectivity index (χ4v) is 14.3. The van der Waals surface area contributed by atoms with Crippen LogP contribution >= 0.6 is 0 Å². The van der Waals surface area contributed by atoms with Gasteiger partial charge >= 0.3 is 5.97 Å². The van der Waals surface area contributed by atoms with Crippen molar-refractivity contribution in [2.24, 2.45) is 56.7 Å². The summed E-state index contributed by atoms with van der Waals surface area (Å²) in [5.41, 5.74) is 4.61. The molecule has 1 heterocycles. The molecule has 5 fully saturated rings. The fourth-order valence-electron chi connectivity index (χ4n) is 14.3. The normalized spacial score (nSPS) is 37.7. The molecule has 310 valence electrons. The molecule has 8 nitrogen and oxygen atoms in total. The standard InChI is InChI=1S/C48H73N3O5/c1-33(32-56-31-28-51-26-29-55-30-27-51)36-16-21-48(43(53)49-24-25-50(7)8)23-22-46(5)38(41(36)48)14-15-40-45(4)19-17-37(34-10-12-35(13-11-34)42(52)54-9)44(2,3)39(45)18-20-47(40,46)6/h10-13,17,36,38-41H,1,14-16,18-32H2,2-9H3,(H,49,53)/t36-,38+,39-,40+,41+,45-,46+,47+,48-/m0/s1. The Labute approximate surface area is 338 Å². The SMILES string of the molecule is C=C(COCCN1CCOCC1)[C@@H]1CC[C@]2(C(=O)NCCN(C)C)CC[C@]3(C)[C@H](CC[C@@H]4[C@@]5(C)CC=C(c6ccc(C(=O)OC)cc6)C(C)(C)[C@@H]5CC[C@]43C)[C@@H]12. The molecule has 0 radical (unpaired) electrons. The number of rotatable bonds is 12. The van der Waals surface area contributed by atoms with E-state index < -0.39 is 0 Å². The molecule has 1 amide bonds. The van der Waals surface area contributed by atoms with Crippen LogP contribution in [0.1, 0.15) is 108 Å². The smallest absolute Gasteiger partial charge is 0.337 e. The van der Waals surface area contributed by atoms with Crippen LogP contribution in [0.4, 0.5) is 0 Å². The third-order valence-corrected chi connectivity index (χ3v) is 17.4. The third kappa shape index (κ3) is 6.94. The number of nitrogens with zero attached hydrogens (tertiary/aromatic N) is 2. The van der Waals surface area contributed by atoms with Crippen LogP contribution in [0.25, 0.3) is 5.57 Å². The number of esters is 1. The minimum absolute atomic E-state index is 0.00129. The van der Waals surface area contributed by atoms with Crippen LogP contribution in [0.5, 0.6) is 0 Å². The number of allylic oxidation sites excluding steroid dienone is 2. The zero-order chi connectivity index (χ0) is 40.1. The minimum Gasteiger partial charge on any atom is -0.465 e. The van der Waals surface area contributed by atoms with Crippen LogP contribution < -0.4 is 5.32 Å². The zero-order valence-corrected chi connectivity index (χ0v) is 36.1. The lowest BCUT2D eigenvalue weighted by molar-refractivity contribution is -0.225. The van der Waals surface area contributed by atoms with Crippen LogP contribution in [-0.2, 0) is 19.0 Å². The molecule has 5 aliphatic carbocycles. The van der Waals surface area contributed by atoms with Gasteiger partial charge < -0.3 is 24.4 Å². The Bertz CT molecular complexity index is 1650. The maximum atomic E-state index is 14.6. The molecule has 1 aromatic carbocycles. The lowest BCUT2D eigenvalue weighted by atomic mass is 9.32. The summed E-state index contributed by atoms with van der Waals surface area (Å²) in [6.07, 6.45) is 12.6. The summed E-state index contributed by atoms with van der Waals surface area (Å²) in [6.45, 7) is 25.0. The zero-order valence-electron chi connectivity index (χ0n) is 36.1. The number of nitrogens with one attached hydrogen (secondary N) is 1. The van der Waals surface area contributed by atoms with Gasteiger partial charge in [0.1, 0.15) is 0 Å². The quantitative estimate of drug-likeness (QED) is 0.131. The number of likely N-dealkylation sites (N-methyl/N-ethyl adjacent to an activating group) is 1. The number of amides is 1. The molecule has 1 saturated heterocycles. The number of benzene rings is 1. The Morgan fingerprint density at radius 2 is 1.66 bits per heavy atom. The second-order valence-electron chi connectivity index (χ2n) is 20.3. The lowest BCUT2D eigenvalue weighted by Crippen LogP contribution is -2.66. The van der Waals surface area contributed by atoms with Gasteiger partial charge in [-0.2, -0.15) is 0 Å². The Morgan fingerprint density at radius 1 is 0.929 bits per heavy atom. The highest BCUT2D eigenvalue weighted by Gasteiger charge is 2.71.